The fourth-order valence-electron chi connectivity index (χ4n) is 3.03. The number of ether oxygens (including phenoxy) is 2. The molecule has 0 aliphatic heterocycles. The largest absolute Gasteiger partial charge is 0.492 e. The van der Waals surface area contributed by atoms with Gasteiger partial charge in [-0.25, -0.2) is 0 Å². The molecule has 0 unspecified atom stereocenters. The minimum Gasteiger partial charge on any atom is -0.492 e. The van der Waals surface area contributed by atoms with E-state index in [2.05, 4.69) is 86.0 Å². The van der Waals surface area contributed by atoms with Gasteiger partial charge in [-0.05, 0) is 52.5 Å². The van der Waals surface area contributed by atoms with Crippen molar-refractivity contribution >= 4 is 21.8 Å². The molecule has 0 radical (unpaired) electrons. The number of benzene rings is 2. The summed E-state index contributed by atoms with van der Waals surface area (Å²) in [7, 11) is 10.3. The van der Waals surface area contributed by atoms with Crippen LogP contribution >= 0.6 is 0 Å². The quantitative estimate of drug-likeness (QED) is 0.621. The zero-order chi connectivity index (χ0) is 18.7. The zero-order valence-corrected chi connectivity index (χ0v) is 16.5. The zero-order valence-electron chi connectivity index (χ0n) is 16.5. The third-order valence-corrected chi connectivity index (χ3v) is 4.57. The van der Waals surface area contributed by atoms with E-state index in [4.69, 9.17) is 9.47 Å². The van der Waals surface area contributed by atoms with Gasteiger partial charge >= 0.3 is 0 Å². The molecule has 1 heterocycles. The predicted octanol–water partition coefficient (Wildman–Crippen LogP) is 3.21. The van der Waals surface area contributed by atoms with Gasteiger partial charge in [-0.3, -0.25) is 0 Å². The van der Waals surface area contributed by atoms with Gasteiger partial charge in [0.25, 0.3) is 0 Å². The van der Waals surface area contributed by atoms with E-state index >= 15 is 0 Å². The fraction of sp³-hybridized carbons (Fsp3) is 0.429. The second-order valence-electron chi connectivity index (χ2n) is 7.22. The van der Waals surface area contributed by atoms with Gasteiger partial charge in [-0.1, -0.05) is 0 Å². The van der Waals surface area contributed by atoms with E-state index in [0.29, 0.717) is 13.2 Å². The summed E-state index contributed by atoms with van der Waals surface area (Å²) in [4.78, 5) is 4.24. The van der Waals surface area contributed by atoms with Crippen LogP contribution in [0.4, 0.5) is 0 Å². The monoisotopic (exact) mass is 355 g/mol. The Labute approximate surface area is 155 Å². The van der Waals surface area contributed by atoms with Crippen LogP contribution in [-0.2, 0) is 7.05 Å². The molecular formula is C21H29N3O2. The molecule has 0 fully saturated rings. The van der Waals surface area contributed by atoms with Crippen LogP contribution in [0.25, 0.3) is 21.8 Å². The minimum absolute atomic E-state index is 0.687. The fourth-order valence-corrected chi connectivity index (χ4v) is 3.03. The first kappa shape index (κ1) is 18.5. The maximum atomic E-state index is 5.89. The average molecular weight is 355 g/mol. The normalized spacial score (nSPS) is 11.8. The number of likely N-dealkylation sites (N-methyl/N-ethyl adjacent to an activating group) is 2. The molecule has 0 atom stereocenters. The maximum Gasteiger partial charge on any atom is 0.121 e. The predicted molar refractivity (Wildman–Crippen MR) is 109 cm³/mol. The number of nitrogens with zero attached hydrogens (tertiary/aromatic N) is 3. The van der Waals surface area contributed by atoms with E-state index in [1.54, 1.807) is 0 Å². The molecule has 140 valence electrons. The smallest absolute Gasteiger partial charge is 0.121 e. The highest BCUT2D eigenvalue weighted by molar-refractivity contribution is 6.08. The molecule has 0 spiro atoms. The van der Waals surface area contributed by atoms with Gasteiger partial charge < -0.3 is 23.8 Å². The molecule has 0 saturated carbocycles. The van der Waals surface area contributed by atoms with Crippen molar-refractivity contribution in [1.29, 1.82) is 0 Å². The summed E-state index contributed by atoms with van der Waals surface area (Å²) < 4.78 is 14.0. The van der Waals surface area contributed by atoms with Crippen molar-refractivity contribution in [3.8, 4) is 11.5 Å². The van der Waals surface area contributed by atoms with Crippen LogP contribution in [0, 0.1) is 0 Å². The van der Waals surface area contributed by atoms with Crippen LogP contribution in [0.15, 0.2) is 36.4 Å². The summed E-state index contributed by atoms with van der Waals surface area (Å²) >= 11 is 0. The number of aryl methyl sites for hydroxylation is 1. The number of hydrogen-bond acceptors (Lipinski definition) is 4. The minimum atomic E-state index is 0.687. The summed E-state index contributed by atoms with van der Waals surface area (Å²) in [6.45, 7) is 3.18. The standard InChI is InChI=1S/C21H29N3O2/c1-22(2)10-12-25-16-6-8-18-19-9-7-17(26-13-11-23(3)4)15-21(19)24(5)20(18)14-16/h6-9,14-15H,10-13H2,1-5H3. The van der Waals surface area contributed by atoms with Gasteiger partial charge in [0.15, 0.2) is 0 Å². The molecule has 2 aromatic carbocycles. The lowest BCUT2D eigenvalue weighted by Crippen LogP contribution is -2.19. The Morgan fingerprint density at radius 1 is 0.731 bits per heavy atom. The van der Waals surface area contributed by atoms with Crippen molar-refractivity contribution in [2.24, 2.45) is 7.05 Å². The molecule has 0 bridgehead atoms. The lowest BCUT2D eigenvalue weighted by Gasteiger charge is -2.11. The Morgan fingerprint density at radius 2 is 1.15 bits per heavy atom. The molecule has 0 aliphatic rings. The molecule has 0 saturated heterocycles. The maximum absolute atomic E-state index is 5.89. The number of fused-ring (bicyclic) bond motifs is 3. The van der Waals surface area contributed by atoms with Crippen LogP contribution in [0.5, 0.6) is 11.5 Å². The van der Waals surface area contributed by atoms with E-state index in [-0.39, 0.29) is 0 Å². The average Bonchev–Trinajstić information content (AvgIpc) is 2.86. The highest BCUT2D eigenvalue weighted by Gasteiger charge is 2.10. The highest BCUT2D eigenvalue weighted by Crippen LogP contribution is 2.32. The Balaban J connectivity index is 1.85. The van der Waals surface area contributed by atoms with Crippen molar-refractivity contribution in [2.45, 2.75) is 0 Å². The van der Waals surface area contributed by atoms with Crippen molar-refractivity contribution < 1.29 is 9.47 Å². The van der Waals surface area contributed by atoms with E-state index in [9.17, 15) is 0 Å². The van der Waals surface area contributed by atoms with Crippen LogP contribution in [0.2, 0.25) is 0 Å². The highest BCUT2D eigenvalue weighted by atomic mass is 16.5. The van der Waals surface area contributed by atoms with Crippen molar-refractivity contribution in [1.82, 2.24) is 14.4 Å². The molecule has 3 rings (SSSR count). The molecule has 26 heavy (non-hydrogen) atoms. The van der Waals surface area contributed by atoms with E-state index < -0.39 is 0 Å². The van der Waals surface area contributed by atoms with Gasteiger partial charge in [0.1, 0.15) is 24.7 Å². The van der Waals surface area contributed by atoms with Gasteiger partial charge in [-0.15, -0.1) is 0 Å². The van der Waals surface area contributed by atoms with Crippen molar-refractivity contribution in [3.05, 3.63) is 36.4 Å². The first-order valence-corrected chi connectivity index (χ1v) is 9.03. The first-order valence-electron chi connectivity index (χ1n) is 9.03. The van der Waals surface area contributed by atoms with Gasteiger partial charge in [0, 0.05) is 43.0 Å². The van der Waals surface area contributed by atoms with Crippen molar-refractivity contribution in [3.63, 3.8) is 0 Å². The summed E-state index contributed by atoms with van der Waals surface area (Å²) in [5.41, 5.74) is 2.35. The Kier molecular flexibility index (Phi) is 5.69. The third-order valence-electron chi connectivity index (χ3n) is 4.57. The summed E-state index contributed by atoms with van der Waals surface area (Å²) in [5, 5.41) is 2.48. The second kappa shape index (κ2) is 7.98. The van der Waals surface area contributed by atoms with E-state index in [1.165, 1.54) is 21.8 Å². The molecule has 3 aromatic rings. The Bertz CT molecular complexity index is 812. The summed E-state index contributed by atoms with van der Waals surface area (Å²) in [5.74, 6) is 1.82. The molecular weight excluding hydrogens is 326 g/mol. The number of hydrogen-bond donors (Lipinski definition) is 0. The Morgan fingerprint density at radius 3 is 1.54 bits per heavy atom. The topological polar surface area (TPSA) is 29.9 Å². The molecule has 0 aliphatic carbocycles. The molecule has 0 amide bonds. The third kappa shape index (κ3) is 4.11. The van der Waals surface area contributed by atoms with Gasteiger partial charge in [0.05, 0.1) is 11.0 Å². The SMILES string of the molecule is CN(C)CCOc1ccc2c3ccc(OCCN(C)C)cc3n(C)c2c1. The molecule has 5 nitrogen and oxygen atoms in total. The first-order chi connectivity index (χ1) is 12.5. The van der Waals surface area contributed by atoms with E-state index in [1.807, 2.05) is 0 Å². The second-order valence-corrected chi connectivity index (χ2v) is 7.22. The number of aromatic nitrogens is 1. The number of rotatable bonds is 8. The lowest BCUT2D eigenvalue weighted by molar-refractivity contribution is 0.261. The summed E-state index contributed by atoms with van der Waals surface area (Å²) in [6, 6.07) is 12.7. The molecule has 1 aromatic heterocycles. The van der Waals surface area contributed by atoms with Crippen molar-refractivity contribution in [2.75, 3.05) is 54.5 Å². The van der Waals surface area contributed by atoms with Crippen LogP contribution in [0.1, 0.15) is 0 Å². The Hall–Kier alpha value is -2.24. The van der Waals surface area contributed by atoms with Crippen LogP contribution < -0.4 is 9.47 Å². The van der Waals surface area contributed by atoms with Gasteiger partial charge in [0.2, 0.25) is 0 Å². The van der Waals surface area contributed by atoms with Gasteiger partial charge in [-0.2, -0.15) is 0 Å². The molecule has 0 N–H and O–H groups in total. The lowest BCUT2D eigenvalue weighted by atomic mass is 10.1. The van der Waals surface area contributed by atoms with Crippen LogP contribution in [-0.4, -0.2) is 68.9 Å². The molecule has 5 heteroatoms. The van der Waals surface area contributed by atoms with Crippen LogP contribution in [0.3, 0.4) is 0 Å². The van der Waals surface area contributed by atoms with E-state index in [0.717, 1.165) is 24.6 Å². The summed E-state index contributed by atoms with van der Waals surface area (Å²) in [6.07, 6.45) is 0.